The van der Waals surface area contributed by atoms with Gasteiger partial charge in [0.05, 0.1) is 18.5 Å². The molecule has 0 unspecified atom stereocenters. The van der Waals surface area contributed by atoms with Crippen LogP contribution >= 0.6 is 0 Å². The van der Waals surface area contributed by atoms with Crippen LogP contribution in [0.5, 0.6) is 0 Å². The second-order valence-electron chi connectivity index (χ2n) is 5.81. The molecular formula is C19H21N3O2. The molecule has 0 radical (unpaired) electrons. The lowest BCUT2D eigenvalue weighted by Crippen LogP contribution is -2.21. The van der Waals surface area contributed by atoms with Crippen LogP contribution in [-0.2, 0) is 24.3 Å². The number of benzene rings is 1. The number of ether oxygens (including phenoxy) is 1. The molecule has 0 aliphatic carbocycles. The average molecular weight is 323 g/mol. The highest BCUT2D eigenvalue weighted by Crippen LogP contribution is 2.18. The van der Waals surface area contributed by atoms with Crippen molar-refractivity contribution in [2.45, 2.75) is 33.4 Å². The molecule has 0 aliphatic rings. The van der Waals surface area contributed by atoms with Crippen LogP contribution < -0.4 is 5.56 Å². The molecule has 0 amide bonds. The van der Waals surface area contributed by atoms with Gasteiger partial charge in [-0.1, -0.05) is 37.3 Å². The van der Waals surface area contributed by atoms with Crippen molar-refractivity contribution in [1.29, 1.82) is 0 Å². The van der Waals surface area contributed by atoms with E-state index < -0.39 is 0 Å². The predicted molar refractivity (Wildman–Crippen MR) is 94.2 cm³/mol. The Labute approximate surface area is 141 Å². The number of aromatic nitrogens is 3. The van der Waals surface area contributed by atoms with Gasteiger partial charge in [-0.3, -0.25) is 4.79 Å². The molecule has 2 heterocycles. The molecule has 3 rings (SSSR count). The van der Waals surface area contributed by atoms with Gasteiger partial charge in [0, 0.05) is 19.2 Å². The number of aryl methyl sites for hydroxylation is 2. The molecule has 0 saturated carbocycles. The van der Waals surface area contributed by atoms with Gasteiger partial charge in [-0.05, 0) is 24.1 Å². The minimum Gasteiger partial charge on any atom is -0.380 e. The lowest BCUT2D eigenvalue weighted by atomic mass is 10.1. The largest absolute Gasteiger partial charge is 0.380 e. The van der Waals surface area contributed by atoms with E-state index in [1.165, 1.54) is 0 Å². The van der Waals surface area contributed by atoms with Crippen LogP contribution in [0.4, 0.5) is 0 Å². The minimum absolute atomic E-state index is 0.231. The van der Waals surface area contributed by atoms with Crippen molar-refractivity contribution in [3.05, 3.63) is 69.4 Å². The first-order valence-electron chi connectivity index (χ1n) is 8.06. The van der Waals surface area contributed by atoms with Gasteiger partial charge in [0.2, 0.25) is 0 Å². The molecule has 3 aromatic rings. The Morgan fingerprint density at radius 2 is 1.92 bits per heavy atom. The second-order valence-corrected chi connectivity index (χ2v) is 5.81. The molecule has 5 nitrogen and oxygen atoms in total. The number of pyridine rings is 1. The summed E-state index contributed by atoms with van der Waals surface area (Å²) >= 11 is 0. The van der Waals surface area contributed by atoms with E-state index in [4.69, 9.17) is 4.74 Å². The van der Waals surface area contributed by atoms with Crippen LogP contribution in [-0.4, -0.2) is 21.6 Å². The van der Waals surface area contributed by atoms with Crippen molar-refractivity contribution < 1.29 is 4.74 Å². The van der Waals surface area contributed by atoms with Gasteiger partial charge in [0.1, 0.15) is 11.5 Å². The number of fused-ring (bicyclic) bond motifs is 1. The zero-order chi connectivity index (χ0) is 17.1. The van der Waals surface area contributed by atoms with E-state index in [1.54, 1.807) is 7.11 Å². The quantitative estimate of drug-likeness (QED) is 0.724. The Hall–Kier alpha value is -2.53. The van der Waals surface area contributed by atoms with Crippen molar-refractivity contribution in [3.8, 4) is 0 Å². The van der Waals surface area contributed by atoms with Crippen LogP contribution in [0.3, 0.4) is 0 Å². The van der Waals surface area contributed by atoms with E-state index in [0.717, 1.165) is 22.6 Å². The van der Waals surface area contributed by atoms with Crippen molar-refractivity contribution in [1.82, 2.24) is 14.5 Å². The molecule has 1 aromatic carbocycles. The Kier molecular flexibility index (Phi) is 4.71. The smallest absolute Gasteiger partial charge is 0.282 e. The molecule has 5 heteroatoms. The molecule has 2 aromatic heterocycles. The fourth-order valence-electron chi connectivity index (χ4n) is 2.98. The lowest BCUT2D eigenvalue weighted by molar-refractivity contribution is 0.186. The summed E-state index contributed by atoms with van der Waals surface area (Å²) in [5, 5.41) is 0.551. The van der Waals surface area contributed by atoms with Gasteiger partial charge in [-0.15, -0.1) is 0 Å². The molecule has 124 valence electrons. The monoisotopic (exact) mass is 323 g/mol. The SMILES string of the molecule is CCc1nc(=O)c2c(COC)cc(C)nc2n1Cc1ccccc1. The topological polar surface area (TPSA) is 57.0 Å². The molecule has 0 spiro atoms. The summed E-state index contributed by atoms with van der Waals surface area (Å²) in [5.74, 6) is 0.748. The maximum absolute atomic E-state index is 12.6. The highest BCUT2D eigenvalue weighted by atomic mass is 16.5. The third-order valence-corrected chi connectivity index (χ3v) is 4.02. The van der Waals surface area contributed by atoms with Crippen LogP contribution in [0.2, 0.25) is 0 Å². The summed E-state index contributed by atoms with van der Waals surface area (Å²) in [6, 6.07) is 12.0. The highest BCUT2D eigenvalue weighted by Gasteiger charge is 2.15. The zero-order valence-electron chi connectivity index (χ0n) is 14.2. The number of nitrogens with zero attached hydrogens (tertiary/aromatic N) is 3. The maximum Gasteiger partial charge on any atom is 0.282 e. The number of methoxy groups -OCH3 is 1. The third-order valence-electron chi connectivity index (χ3n) is 4.02. The van der Waals surface area contributed by atoms with Gasteiger partial charge in [-0.25, -0.2) is 4.98 Å². The molecule has 24 heavy (non-hydrogen) atoms. The average Bonchev–Trinajstić information content (AvgIpc) is 2.58. The number of hydrogen-bond donors (Lipinski definition) is 0. The summed E-state index contributed by atoms with van der Waals surface area (Å²) in [6.45, 7) is 4.94. The van der Waals surface area contributed by atoms with Crippen LogP contribution in [0.1, 0.15) is 29.6 Å². The number of hydrogen-bond acceptors (Lipinski definition) is 4. The normalized spacial score (nSPS) is 11.1. The molecule has 0 aliphatic heterocycles. The van der Waals surface area contributed by atoms with E-state index in [1.807, 2.05) is 42.7 Å². The minimum atomic E-state index is -0.231. The molecule has 0 N–H and O–H groups in total. The van der Waals surface area contributed by atoms with Crippen LogP contribution in [0.25, 0.3) is 11.0 Å². The summed E-state index contributed by atoms with van der Waals surface area (Å²) in [4.78, 5) is 21.5. The molecule has 0 bridgehead atoms. The van der Waals surface area contributed by atoms with Crippen molar-refractivity contribution in [3.63, 3.8) is 0 Å². The molecule has 0 saturated heterocycles. The fourth-order valence-corrected chi connectivity index (χ4v) is 2.98. The van der Waals surface area contributed by atoms with Crippen LogP contribution in [0.15, 0.2) is 41.2 Å². The van der Waals surface area contributed by atoms with Crippen molar-refractivity contribution in [2.24, 2.45) is 0 Å². The number of rotatable bonds is 5. The first-order chi connectivity index (χ1) is 11.6. The van der Waals surface area contributed by atoms with Gasteiger partial charge in [0.15, 0.2) is 0 Å². The van der Waals surface area contributed by atoms with Crippen molar-refractivity contribution >= 4 is 11.0 Å². The highest BCUT2D eigenvalue weighted by molar-refractivity contribution is 5.78. The maximum atomic E-state index is 12.6. The van der Waals surface area contributed by atoms with E-state index >= 15 is 0 Å². The Morgan fingerprint density at radius 3 is 2.58 bits per heavy atom. The van der Waals surface area contributed by atoms with E-state index in [-0.39, 0.29) is 5.56 Å². The van der Waals surface area contributed by atoms with E-state index in [0.29, 0.717) is 30.6 Å². The Balaban J connectivity index is 2.29. The Bertz CT molecular complexity index is 917. The van der Waals surface area contributed by atoms with Gasteiger partial charge >= 0.3 is 0 Å². The van der Waals surface area contributed by atoms with Gasteiger partial charge < -0.3 is 9.30 Å². The Morgan fingerprint density at radius 1 is 1.17 bits per heavy atom. The lowest BCUT2D eigenvalue weighted by Gasteiger charge is -2.16. The van der Waals surface area contributed by atoms with Gasteiger partial charge in [-0.2, -0.15) is 4.98 Å². The molecule has 0 fully saturated rings. The summed E-state index contributed by atoms with van der Waals surface area (Å²) < 4.78 is 7.30. The van der Waals surface area contributed by atoms with Gasteiger partial charge in [0.25, 0.3) is 5.56 Å². The summed E-state index contributed by atoms with van der Waals surface area (Å²) in [7, 11) is 1.62. The standard InChI is InChI=1S/C19H21N3O2/c1-4-16-21-19(23)17-15(12-24-3)10-13(2)20-18(17)22(16)11-14-8-6-5-7-9-14/h5-10H,4,11-12H2,1-3H3. The predicted octanol–water partition coefficient (Wildman–Crippen LogP) is 2.86. The molecular weight excluding hydrogens is 302 g/mol. The van der Waals surface area contributed by atoms with Crippen LogP contribution in [0, 0.1) is 6.92 Å². The summed E-state index contributed by atoms with van der Waals surface area (Å²) in [6.07, 6.45) is 0.674. The second kappa shape index (κ2) is 6.93. The third kappa shape index (κ3) is 3.08. The van der Waals surface area contributed by atoms with Crippen molar-refractivity contribution in [2.75, 3.05) is 7.11 Å². The zero-order valence-corrected chi connectivity index (χ0v) is 14.2. The summed E-state index contributed by atoms with van der Waals surface area (Å²) in [5.41, 5.74) is 3.30. The fraction of sp³-hybridized carbons (Fsp3) is 0.316. The van der Waals surface area contributed by atoms with E-state index in [2.05, 4.69) is 22.1 Å². The first kappa shape index (κ1) is 16.3. The van der Waals surface area contributed by atoms with E-state index in [9.17, 15) is 4.79 Å². The molecule has 0 atom stereocenters. The first-order valence-corrected chi connectivity index (χ1v) is 8.06.